The number of nitrogens with one attached hydrogen (secondary N) is 1. The maximum Gasteiger partial charge on any atom is 0.490 e. The van der Waals surface area contributed by atoms with E-state index in [2.05, 4.69) is 10.2 Å². The van der Waals surface area contributed by atoms with Crippen LogP contribution in [-0.4, -0.2) is 103 Å². The molecule has 1 aliphatic rings. The summed E-state index contributed by atoms with van der Waals surface area (Å²) < 4.78 is 36.8. The number of carboxylic acids is 2. The number of hydrogen-bond acceptors (Lipinski definition) is 7. The van der Waals surface area contributed by atoms with Crippen LogP contribution in [0.2, 0.25) is 0 Å². The van der Waals surface area contributed by atoms with Gasteiger partial charge in [0.1, 0.15) is 5.75 Å². The fourth-order valence-electron chi connectivity index (χ4n) is 4.02. The maximum absolute atomic E-state index is 12.6. The summed E-state index contributed by atoms with van der Waals surface area (Å²) in [5.74, 6) is -3.39. The lowest BCUT2D eigenvalue weighted by molar-refractivity contribution is -0.192. The second-order valence-electron chi connectivity index (χ2n) is 8.85. The maximum atomic E-state index is 12.6. The van der Waals surface area contributed by atoms with E-state index in [1.165, 1.54) is 6.07 Å². The molecule has 0 unspecified atom stereocenters. The van der Waals surface area contributed by atoms with Gasteiger partial charge in [0, 0.05) is 50.5 Å². The SMILES string of the molecule is CCN(CC)C(=O)CN1CCN(c2ccc(NC(=O)c3ccc(OC)cc3)cc2C(=O)O)CC1.O=C(O)C(F)(F)F. The van der Waals surface area contributed by atoms with Gasteiger partial charge in [-0.05, 0) is 56.3 Å². The Labute approximate surface area is 235 Å². The lowest BCUT2D eigenvalue weighted by Crippen LogP contribution is -2.50. The number of aliphatic carboxylic acids is 1. The van der Waals surface area contributed by atoms with Crippen LogP contribution >= 0.6 is 0 Å². The molecule has 3 N–H and O–H groups in total. The molecule has 1 saturated heterocycles. The molecule has 0 saturated carbocycles. The number of rotatable bonds is 9. The average Bonchev–Trinajstić information content (AvgIpc) is 2.94. The van der Waals surface area contributed by atoms with Gasteiger partial charge in [-0.1, -0.05) is 0 Å². The highest BCUT2D eigenvalue weighted by Gasteiger charge is 2.38. The first-order chi connectivity index (χ1) is 19.3. The summed E-state index contributed by atoms with van der Waals surface area (Å²) in [5.41, 5.74) is 1.58. The Balaban J connectivity index is 0.000000745. The van der Waals surface area contributed by atoms with Crippen LogP contribution < -0.4 is 15.0 Å². The van der Waals surface area contributed by atoms with Crippen LogP contribution in [0.4, 0.5) is 24.5 Å². The number of ether oxygens (including phenoxy) is 1. The smallest absolute Gasteiger partial charge is 0.490 e. The van der Waals surface area contributed by atoms with Crippen molar-refractivity contribution in [3.63, 3.8) is 0 Å². The molecule has 11 nitrogen and oxygen atoms in total. The van der Waals surface area contributed by atoms with Gasteiger partial charge in [0.15, 0.2) is 0 Å². The summed E-state index contributed by atoms with van der Waals surface area (Å²) in [6.45, 7) is 8.26. The zero-order chi connectivity index (χ0) is 30.7. The molecule has 0 atom stereocenters. The number of amides is 2. The predicted molar refractivity (Wildman–Crippen MR) is 145 cm³/mol. The summed E-state index contributed by atoms with van der Waals surface area (Å²) in [6, 6.07) is 11.6. The highest BCUT2D eigenvalue weighted by molar-refractivity contribution is 6.05. The minimum Gasteiger partial charge on any atom is -0.497 e. The number of likely N-dealkylation sites (N-methyl/N-ethyl adjacent to an activating group) is 1. The number of methoxy groups -OCH3 is 1. The van der Waals surface area contributed by atoms with Gasteiger partial charge in [-0.25, -0.2) is 9.59 Å². The van der Waals surface area contributed by atoms with Crippen molar-refractivity contribution in [3.05, 3.63) is 53.6 Å². The summed E-state index contributed by atoms with van der Waals surface area (Å²) in [7, 11) is 1.55. The molecular weight excluding hydrogens is 549 g/mol. The van der Waals surface area contributed by atoms with Gasteiger partial charge in [-0.3, -0.25) is 14.5 Å². The minimum absolute atomic E-state index is 0.113. The number of hydrogen-bond donors (Lipinski definition) is 3. The predicted octanol–water partition coefficient (Wildman–Crippen LogP) is 3.27. The standard InChI is InChI=1S/C25H32N4O5.C2HF3O2/c1-4-28(5-2)23(30)17-27-12-14-29(15-13-27)22-11-8-19(16-21(22)25(32)33)26-24(31)18-6-9-20(34-3)10-7-18;3-2(4,5)1(6)7/h6-11,16H,4-5,12-15,17H2,1-3H3,(H,26,31)(H,32,33);(H,6,7). The Morgan fingerprint density at radius 2 is 1.51 bits per heavy atom. The van der Waals surface area contributed by atoms with Crippen molar-refractivity contribution in [2.45, 2.75) is 20.0 Å². The molecular formula is C27H33F3N4O7. The van der Waals surface area contributed by atoms with Gasteiger partial charge in [0.25, 0.3) is 5.91 Å². The first kappa shape index (κ1) is 32.9. The number of benzene rings is 2. The highest BCUT2D eigenvalue weighted by Crippen LogP contribution is 2.26. The van der Waals surface area contributed by atoms with Crippen LogP contribution in [0.1, 0.15) is 34.6 Å². The zero-order valence-corrected chi connectivity index (χ0v) is 22.9. The first-order valence-electron chi connectivity index (χ1n) is 12.7. The van der Waals surface area contributed by atoms with Crippen LogP contribution in [0.15, 0.2) is 42.5 Å². The summed E-state index contributed by atoms with van der Waals surface area (Å²) in [6.07, 6.45) is -5.08. The molecule has 41 heavy (non-hydrogen) atoms. The molecule has 14 heteroatoms. The van der Waals surface area contributed by atoms with Gasteiger partial charge in [0.2, 0.25) is 5.91 Å². The number of nitrogens with zero attached hydrogens (tertiary/aromatic N) is 3. The summed E-state index contributed by atoms with van der Waals surface area (Å²) in [4.78, 5) is 51.7. The van der Waals surface area contributed by atoms with Crippen molar-refractivity contribution in [1.82, 2.24) is 9.80 Å². The van der Waals surface area contributed by atoms with E-state index in [-0.39, 0.29) is 17.4 Å². The summed E-state index contributed by atoms with van der Waals surface area (Å²) >= 11 is 0. The molecule has 2 aromatic rings. The van der Waals surface area contributed by atoms with Gasteiger partial charge < -0.3 is 30.1 Å². The number of carbonyl (C=O) groups excluding carboxylic acids is 2. The lowest BCUT2D eigenvalue weighted by Gasteiger charge is -2.37. The number of carbonyl (C=O) groups is 4. The topological polar surface area (TPSA) is 140 Å². The molecule has 1 heterocycles. The quantitative estimate of drug-likeness (QED) is 0.407. The second kappa shape index (κ2) is 14.9. The van der Waals surface area contributed by atoms with Crippen LogP contribution in [0, 0.1) is 0 Å². The first-order valence-corrected chi connectivity index (χ1v) is 12.7. The van der Waals surface area contributed by atoms with E-state index in [0.29, 0.717) is 68.5 Å². The Morgan fingerprint density at radius 1 is 0.951 bits per heavy atom. The molecule has 2 aromatic carbocycles. The number of halogens is 3. The third kappa shape index (κ3) is 9.67. The zero-order valence-electron chi connectivity index (χ0n) is 22.9. The largest absolute Gasteiger partial charge is 0.497 e. The monoisotopic (exact) mass is 582 g/mol. The molecule has 224 valence electrons. The Morgan fingerprint density at radius 3 is 1.98 bits per heavy atom. The normalized spacial score (nSPS) is 13.5. The van der Waals surface area contributed by atoms with Crippen molar-refractivity contribution in [2.75, 3.05) is 63.1 Å². The fourth-order valence-corrected chi connectivity index (χ4v) is 4.02. The van der Waals surface area contributed by atoms with Gasteiger partial charge in [-0.15, -0.1) is 0 Å². The Kier molecular flexibility index (Phi) is 11.9. The Hall–Kier alpha value is -4.33. The highest BCUT2D eigenvalue weighted by atomic mass is 19.4. The second-order valence-corrected chi connectivity index (χ2v) is 8.85. The van der Waals surface area contributed by atoms with Crippen molar-refractivity contribution in [1.29, 1.82) is 0 Å². The number of aromatic carboxylic acids is 1. The lowest BCUT2D eigenvalue weighted by atomic mass is 10.1. The fraction of sp³-hybridized carbons (Fsp3) is 0.407. The van der Waals surface area contributed by atoms with E-state index in [0.717, 1.165) is 0 Å². The van der Waals surface area contributed by atoms with Crippen LogP contribution in [0.25, 0.3) is 0 Å². The molecule has 0 bridgehead atoms. The van der Waals surface area contributed by atoms with Gasteiger partial charge in [0.05, 0.1) is 24.9 Å². The molecule has 2 amide bonds. The van der Waals surface area contributed by atoms with Crippen molar-refractivity contribution in [2.24, 2.45) is 0 Å². The number of alkyl halides is 3. The van der Waals surface area contributed by atoms with Crippen LogP contribution in [0.5, 0.6) is 5.75 Å². The molecule has 1 fully saturated rings. The van der Waals surface area contributed by atoms with Gasteiger partial charge >= 0.3 is 18.1 Å². The number of carboxylic acid groups (broad SMARTS) is 2. The van der Waals surface area contributed by atoms with E-state index in [9.17, 15) is 32.7 Å². The molecule has 0 radical (unpaired) electrons. The molecule has 0 aliphatic carbocycles. The van der Waals surface area contributed by atoms with Crippen molar-refractivity contribution >= 4 is 35.1 Å². The van der Waals surface area contributed by atoms with E-state index < -0.39 is 18.1 Å². The number of piperazine rings is 1. The van der Waals surface area contributed by atoms with Gasteiger partial charge in [-0.2, -0.15) is 13.2 Å². The van der Waals surface area contributed by atoms with E-state index in [4.69, 9.17) is 14.6 Å². The molecule has 0 aromatic heterocycles. The van der Waals surface area contributed by atoms with Crippen molar-refractivity contribution in [3.8, 4) is 5.75 Å². The summed E-state index contributed by atoms with van der Waals surface area (Å²) in [5, 5.41) is 19.7. The van der Waals surface area contributed by atoms with Crippen molar-refractivity contribution < 1.29 is 47.3 Å². The Bertz CT molecular complexity index is 1210. The molecule has 0 spiro atoms. The van der Waals surface area contributed by atoms with E-state index in [1.54, 1.807) is 43.5 Å². The van der Waals surface area contributed by atoms with E-state index in [1.807, 2.05) is 23.6 Å². The third-order valence-corrected chi connectivity index (χ3v) is 6.27. The third-order valence-electron chi connectivity index (χ3n) is 6.27. The minimum atomic E-state index is -5.08. The molecule has 3 rings (SSSR count). The van der Waals surface area contributed by atoms with Crippen LogP contribution in [0.3, 0.4) is 0 Å². The molecule has 1 aliphatic heterocycles. The number of anilines is 2. The van der Waals surface area contributed by atoms with E-state index >= 15 is 0 Å². The van der Waals surface area contributed by atoms with Crippen LogP contribution in [-0.2, 0) is 9.59 Å². The average molecular weight is 583 g/mol.